The van der Waals surface area contributed by atoms with Crippen molar-refractivity contribution in [2.45, 2.75) is 0 Å². The van der Waals surface area contributed by atoms with Crippen LogP contribution in [0.25, 0.3) is 0 Å². The van der Waals surface area contributed by atoms with Crippen molar-refractivity contribution in [1.82, 2.24) is 0 Å². The summed E-state index contributed by atoms with van der Waals surface area (Å²) in [5.41, 5.74) is 0. The Morgan fingerprint density at radius 1 is 0.909 bits per heavy atom. The molecule has 1 nitrogen and oxygen atoms in total. The van der Waals surface area contributed by atoms with Gasteiger partial charge in [-0.3, -0.25) is 0 Å². The Morgan fingerprint density at radius 3 is 1.36 bits per heavy atom. The molecule has 0 atom stereocenters. The van der Waals surface area contributed by atoms with E-state index in [1.165, 1.54) is 12.2 Å². The molecule has 0 amide bonds. The van der Waals surface area contributed by atoms with Gasteiger partial charge < -0.3 is 5.11 Å². The smallest absolute Gasteiger partial charge is 0.0791 e. The molecule has 58 valence electrons. The van der Waals surface area contributed by atoms with Crippen LogP contribution in [-0.4, -0.2) is 5.11 Å². The van der Waals surface area contributed by atoms with Crippen molar-refractivity contribution in [3.63, 3.8) is 0 Å². The van der Waals surface area contributed by atoms with E-state index >= 15 is 0 Å². The third-order valence-corrected chi connectivity index (χ3v) is 0.889. The van der Waals surface area contributed by atoms with Gasteiger partial charge in [0.1, 0.15) is 0 Å². The number of aliphatic hydroxyl groups is 1. The van der Waals surface area contributed by atoms with Crippen LogP contribution in [0.5, 0.6) is 0 Å². The maximum absolute atomic E-state index is 7.81. The van der Waals surface area contributed by atoms with E-state index in [-0.39, 0.29) is 0 Å². The highest BCUT2D eigenvalue weighted by molar-refractivity contribution is 4.99. The second-order valence-corrected chi connectivity index (χ2v) is 1.73. The Hall–Kier alpha value is -1.50. The number of hydrogen-bond donors (Lipinski definition) is 1. The van der Waals surface area contributed by atoms with E-state index in [4.69, 9.17) is 5.11 Å². The Bertz CT molecular complexity index is 163. The van der Waals surface area contributed by atoms with E-state index in [0.29, 0.717) is 0 Å². The molecule has 0 aliphatic rings. The van der Waals surface area contributed by atoms with E-state index in [1.54, 1.807) is 0 Å². The molecule has 1 aromatic carbocycles. The van der Waals surface area contributed by atoms with E-state index < -0.39 is 0 Å². The van der Waals surface area contributed by atoms with Gasteiger partial charge in [0.05, 0.1) is 6.26 Å². The Balaban J connectivity index is 0.000000187. The number of aliphatic hydroxyl groups excluding tert-OH is 1. The van der Waals surface area contributed by atoms with Crippen molar-refractivity contribution in [2.75, 3.05) is 0 Å². The van der Waals surface area contributed by atoms with Gasteiger partial charge in [-0.1, -0.05) is 49.1 Å². The predicted molar refractivity (Wildman–Crippen MR) is 48.4 cm³/mol. The molecule has 0 radical (unpaired) electrons. The largest absolute Gasteiger partial charge is 0.516 e. The molecule has 1 rings (SSSR count). The standard InChI is InChI=1S/C6H6.C4H6O/c1-2-4-6-5-3-1;1-2-3-4-5/h1-6H;2-5H,1H2. The molecule has 0 saturated carbocycles. The van der Waals surface area contributed by atoms with E-state index in [2.05, 4.69) is 6.58 Å². The van der Waals surface area contributed by atoms with Crippen molar-refractivity contribution in [3.05, 3.63) is 61.4 Å². The monoisotopic (exact) mass is 148 g/mol. The molecule has 0 unspecified atom stereocenters. The van der Waals surface area contributed by atoms with Crippen molar-refractivity contribution >= 4 is 0 Å². The van der Waals surface area contributed by atoms with Crippen LogP contribution in [-0.2, 0) is 0 Å². The highest BCUT2D eigenvalue weighted by Crippen LogP contribution is 1.79. The molecule has 1 heteroatoms. The lowest BCUT2D eigenvalue weighted by molar-refractivity contribution is 0.474. The van der Waals surface area contributed by atoms with Gasteiger partial charge >= 0.3 is 0 Å². The van der Waals surface area contributed by atoms with Crippen LogP contribution in [0.1, 0.15) is 0 Å². The fourth-order valence-electron chi connectivity index (χ4n) is 0.446. The molecule has 0 bridgehead atoms. The SMILES string of the molecule is C=CC=CO.c1ccccc1. The van der Waals surface area contributed by atoms with Crippen molar-refractivity contribution in [2.24, 2.45) is 0 Å². The molecule has 0 aliphatic heterocycles. The first-order valence-corrected chi connectivity index (χ1v) is 3.33. The number of rotatable bonds is 1. The van der Waals surface area contributed by atoms with Gasteiger partial charge in [-0.25, -0.2) is 0 Å². The third kappa shape index (κ3) is 8.50. The van der Waals surface area contributed by atoms with E-state index in [0.717, 1.165) is 6.26 Å². The minimum absolute atomic E-state index is 0.938. The van der Waals surface area contributed by atoms with Crippen LogP contribution in [0.4, 0.5) is 0 Å². The lowest BCUT2D eigenvalue weighted by atomic mass is 10.4. The summed E-state index contributed by atoms with van der Waals surface area (Å²) in [6.45, 7) is 3.30. The zero-order valence-corrected chi connectivity index (χ0v) is 6.35. The maximum atomic E-state index is 7.81. The van der Waals surface area contributed by atoms with Crippen LogP contribution in [0.15, 0.2) is 61.4 Å². The molecule has 0 aromatic heterocycles. The minimum Gasteiger partial charge on any atom is -0.516 e. The Kier molecular flexibility index (Phi) is 7.34. The first-order valence-electron chi connectivity index (χ1n) is 3.33. The highest BCUT2D eigenvalue weighted by atomic mass is 16.2. The van der Waals surface area contributed by atoms with E-state index in [9.17, 15) is 0 Å². The Morgan fingerprint density at radius 2 is 1.27 bits per heavy atom. The minimum atomic E-state index is 0.938. The van der Waals surface area contributed by atoms with Crippen LogP contribution in [0.3, 0.4) is 0 Å². The van der Waals surface area contributed by atoms with Gasteiger partial charge in [-0.2, -0.15) is 0 Å². The van der Waals surface area contributed by atoms with Gasteiger partial charge in [-0.15, -0.1) is 0 Å². The molecule has 0 spiro atoms. The van der Waals surface area contributed by atoms with Crippen molar-refractivity contribution in [3.8, 4) is 0 Å². The Labute approximate surface area is 67.3 Å². The van der Waals surface area contributed by atoms with Crippen LogP contribution in [0, 0.1) is 0 Å². The molecular formula is C10H12O. The lowest BCUT2D eigenvalue weighted by Crippen LogP contribution is -1.47. The van der Waals surface area contributed by atoms with Gasteiger partial charge in [-0.05, 0) is 6.08 Å². The summed E-state index contributed by atoms with van der Waals surface area (Å²) in [5.74, 6) is 0. The number of hydrogen-bond acceptors (Lipinski definition) is 1. The summed E-state index contributed by atoms with van der Waals surface area (Å²) < 4.78 is 0. The van der Waals surface area contributed by atoms with Gasteiger partial charge in [0, 0.05) is 0 Å². The fraction of sp³-hybridized carbons (Fsp3) is 0. The normalized spacial score (nSPS) is 8.36. The molecule has 11 heavy (non-hydrogen) atoms. The second-order valence-electron chi connectivity index (χ2n) is 1.73. The molecule has 0 heterocycles. The number of allylic oxidation sites excluding steroid dienone is 2. The molecule has 0 saturated heterocycles. The molecule has 1 N–H and O–H groups in total. The lowest BCUT2D eigenvalue weighted by Gasteiger charge is -1.69. The first-order chi connectivity index (χ1) is 5.41. The van der Waals surface area contributed by atoms with Gasteiger partial charge in [0.2, 0.25) is 0 Å². The van der Waals surface area contributed by atoms with Gasteiger partial charge in [0.25, 0.3) is 0 Å². The third-order valence-electron chi connectivity index (χ3n) is 0.889. The molecular weight excluding hydrogens is 136 g/mol. The molecule has 1 aromatic rings. The van der Waals surface area contributed by atoms with Crippen LogP contribution < -0.4 is 0 Å². The zero-order chi connectivity index (χ0) is 8.36. The number of benzene rings is 1. The summed E-state index contributed by atoms with van der Waals surface area (Å²) in [5, 5.41) is 7.81. The first kappa shape index (κ1) is 9.50. The summed E-state index contributed by atoms with van der Waals surface area (Å²) in [7, 11) is 0. The average Bonchev–Trinajstić information content (AvgIpc) is 2.10. The quantitative estimate of drug-likeness (QED) is 0.479. The van der Waals surface area contributed by atoms with Gasteiger partial charge in [0.15, 0.2) is 0 Å². The van der Waals surface area contributed by atoms with Crippen molar-refractivity contribution < 1.29 is 5.11 Å². The second kappa shape index (κ2) is 8.50. The summed E-state index contributed by atoms with van der Waals surface area (Å²) in [6.07, 6.45) is 3.88. The summed E-state index contributed by atoms with van der Waals surface area (Å²) in [4.78, 5) is 0. The fourth-order valence-corrected chi connectivity index (χ4v) is 0.446. The predicted octanol–water partition coefficient (Wildman–Crippen LogP) is 2.93. The molecule has 0 aliphatic carbocycles. The maximum Gasteiger partial charge on any atom is 0.0791 e. The summed E-state index contributed by atoms with van der Waals surface area (Å²) in [6, 6.07) is 12.0. The topological polar surface area (TPSA) is 20.2 Å². The highest BCUT2D eigenvalue weighted by Gasteiger charge is 1.57. The zero-order valence-electron chi connectivity index (χ0n) is 6.35. The van der Waals surface area contributed by atoms with Crippen molar-refractivity contribution in [1.29, 1.82) is 0 Å². The summed E-state index contributed by atoms with van der Waals surface area (Å²) >= 11 is 0. The van der Waals surface area contributed by atoms with Crippen LogP contribution >= 0.6 is 0 Å². The van der Waals surface area contributed by atoms with Crippen LogP contribution in [0.2, 0.25) is 0 Å². The average molecular weight is 148 g/mol. The van der Waals surface area contributed by atoms with E-state index in [1.807, 2.05) is 36.4 Å². The molecule has 0 fully saturated rings.